The summed E-state index contributed by atoms with van der Waals surface area (Å²) in [6, 6.07) is 14.4. The van der Waals surface area contributed by atoms with Crippen LogP contribution in [0.4, 0.5) is 5.82 Å². The molecule has 21 heavy (non-hydrogen) atoms. The van der Waals surface area contributed by atoms with Gasteiger partial charge in [-0.1, -0.05) is 30.3 Å². The van der Waals surface area contributed by atoms with E-state index in [4.69, 9.17) is 0 Å². The summed E-state index contributed by atoms with van der Waals surface area (Å²) in [5.74, 6) is 0.973. The van der Waals surface area contributed by atoms with Gasteiger partial charge in [-0.2, -0.15) is 0 Å². The zero-order valence-electron chi connectivity index (χ0n) is 12.2. The minimum atomic E-state index is 0.0729. The first kappa shape index (κ1) is 14.0. The van der Waals surface area contributed by atoms with Crippen LogP contribution in [0.1, 0.15) is 11.1 Å². The monoisotopic (exact) mass is 283 g/mol. The van der Waals surface area contributed by atoms with Crippen molar-refractivity contribution < 1.29 is 5.11 Å². The summed E-state index contributed by atoms with van der Waals surface area (Å²) in [5.41, 5.74) is 2.29. The van der Waals surface area contributed by atoms with Gasteiger partial charge in [0.05, 0.1) is 6.61 Å². The molecule has 3 rings (SSSR count). The van der Waals surface area contributed by atoms with Crippen molar-refractivity contribution in [1.29, 1.82) is 0 Å². The number of nitrogens with zero attached hydrogens (tertiary/aromatic N) is 3. The number of aliphatic hydroxyl groups excluding tert-OH is 1. The third-order valence-electron chi connectivity index (χ3n) is 3.94. The lowest BCUT2D eigenvalue weighted by Crippen LogP contribution is -2.46. The maximum Gasteiger partial charge on any atom is 0.128 e. The summed E-state index contributed by atoms with van der Waals surface area (Å²) in [7, 11) is 0. The molecule has 2 aromatic rings. The molecule has 1 fully saturated rings. The average molecular weight is 283 g/mol. The molecule has 0 atom stereocenters. The molecule has 0 spiro atoms. The van der Waals surface area contributed by atoms with Gasteiger partial charge in [0.15, 0.2) is 0 Å². The molecule has 1 aliphatic heterocycles. The number of aromatic nitrogens is 1. The molecule has 0 bridgehead atoms. The Morgan fingerprint density at radius 3 is 2.43 bits per heavy atom. The fraction of sp³-hybridized carbons (Fsp3) is 0.353. The molecule has 0 radical (unpaired) electrons. The van der Waals surface area contributed by atoms with Crippen molar-refractivity contribution in [3.05, 3.63) is 59.8 Å². The number of anilines is 1. The van der Waals surface area contributed by atoms with Gasteiger partial charge in [-0.05, 0) is 23.3 Å². The van der Waals surface area contributed by atoms with Crippen LogP contribution in [-0.4, -0.2) is 41.2 Å². The lowest BCUT2D eigenvalue weighted by Gasteiger charge is -2.35. The van der Waals surface area contributed by atoms with E-state index in [1.807, 2.05) is 12.1 Å². The minimum Gasteiger partial charge on any atom is -0.392 e. The first-order chi connectivity index (χ1) is 10.3. The zero-order chi connectivity index (χ0) is 14.5. The van der Waals surface area contributed by atoms with E-state index in [9.17, 15) is 5.11 Å². The Morgan fingerprint density at radius 1 is 0.952 bits per heavy atom. The highest BCUT2D eigenvalue weighted by atomic mass is 16.3. The van der Waals surface area contributed by atoms with Gasteiger partial charge in [0, 0.05) is 38.9 Å². The van der Waals surface area contributed by atoms with Crippen LogP contribution in [-0.2, 0) is 13.2 Å². The van der Waals surface area contributed by atoms with Crippen LogP contribution < -0.4 is 4.90 Å². The van der Waals surface area contributed by atoms with Crippen LogP contribution >= 0.6 is 0 Å². The standard InChI is InChI=1S/C17H21N3O/c21-14-16-6-7-18-17(12-16)20-10-8-19(9-11-20)13-15-4-2-1-3-5-15/h1-7,12,21H,8-11,13-14H2. The van der Waals surface area contributed by atoms with Crippen LogP contribution in [0.25, 0.3) is 0 Å². The van der Waals surface area contributed by atoms with E-state index >= 15 is 0 Å². The molecule has 4 nitrogen and oxygen atoms in total. The van der Waals surface area contributed by atoms with E-state index in [1.54, 1.807) is 6.20 Å². The van der Waals surface area contributed by atoms with Crippen molar-refractivity contribution in [3.8, 4) is 0 Å². The van der Waals surface area contributed by atoms with Crippen LogP contribution in [0.2, 0.25) is 0 Å². The summed E-state index contributed by atoms with van der Waals surface area (Å²) < 4.78 is 0. The Hall–Kier alpha value is -1.91. The second kappa shape index (κ2) is 6.70. The van der Waals surface area contributed by atoms with Crippen LogP contribution in [0.5, 0.6) is 0 Å². The second-order valence-electron chi connectivity index (χ2n) is 5.43. The van der Waals surface area contributed by atoms with Gasteiger partial charge < -0.3 is 10.0 Å². The van der Waals surface area contributed by atoms with Crippen molar-refractivity contribution >= 4 is 5.82 Å². The molecular weight excluding hydrogens is 262 g/mol. The van der Waals surface area contributed by atoms with Gasteiger partial charge in [0.1, 0.15) is 5.82 Å². The zero-order valence-corrected chi connectivity index (χ0v) is 12.2. The second-order valence-corrected chi connectivity index (χ2v) is 5.43. The molecule has 0 unspecified atom stereocenters. The maximum absolute atomic E-state index is 9.21. The molecule has 1 aromatic carbocycles. The van der Waals surface area contributed by atoms with E-state index in [1.165, 1.54) is 5.56 Å². The number of hydrogen-bond acceptors (Lipinski definition) is 4. The highest BCUT2D eigenvalue weighted by Crippen LogP contribution is 2.16. The SMILES string of the molecule is OCc1ccnc(N2CCN(Cc3ccccc3)CC2)c1. The van der Waals surface area contributed by atoms with E-state index in [2.05, 4.69) is 45.1 Å². The Labute approximate surface area is 125 Å². The number of piperazine rings is 1. The van der Waals surface area contributed by atoms with Crippen LogP contribution in [0.15, 0.2) is 48.7 Å². The highest BCUT2D eigenvalue weighted by Gasteiger charge is 2.18. The van der Waals surface area contributed by atoms with Gasteiger partial charge >= 0.3 is 0 Å². The first-order valence-corrected chi connectivity index (χ1v) is 7.42. The minimum absolute atomic E-state index is 0.0729. The Kier molecular flexibility index (Phi) is 4.48. The number of hydrogen-bond donors (Lipinski definition) is 1. The molecule has 110 valence electrons. The first-order valence-electron chi connectivity index (χ1n) is 7.42. The van der Waals surface area contributed by atoms with Crippen molar-refractivity contribution in [2.45, 2.75) is 13.2 Å². The summed E-state index contributed by atoms with van der Waals surface area (Å²) >= 11 is 0. The van der Waals surface area contributed by atoms with Crippen LogP contribution in [0.3, 0.4) is 0 Å². The van der Waals surface area contributed by atoms with Crippen molar-refractivity contribution in [3.63, 3.8) is 0 Å². The number of rotatable bonds is 4. The third kappa shape index (κ3) is 3.60. The van der Waals surface area contributed by atoms with E-state index in [0.717, 1.165) is 44.1 Å². The number of benzene rings is 1. The molecular formula is C17H21N3O. The van der Waals surface area contributed by atoms with Crippen molar-refractivity contribution in [2.75, 3.05) is 31.1 Å². The number of pyridine rings is 1. The Balaban J connectivity index is 1.57. The highest BCUT2D eigenvalue weighted by molar-refractivity contribution is 5.41. The largest absolute Gasteiger partial charge is 0.392 e. The predicted molar refractivity (Wildman–Crippen MR) is 84.1 cm³/mol. The van der Waals surface area contributed by atoms with Crippen LogP contribution in [0, 0.1) is 0 Å². The lowest BCUT2D eigenvalue weighted by atomic mass is 10.2. The fourth-order valence-electron chi connectivity index (χ4n) is 2.71. The molecule has 1 N–H and O–H groups in total. The quantitative estimate of drug-likeness (QED) is 0.930. The predicted octanol–water partition coefficient (Wildman–Crippen LogP) is 1.90. The summed E-state index contributed by atoms with van der Waals surface area (Å²) in [6.45, 7) is 5.13. The van der Waals surface area contributed by atoms with Crippen molar-refractivity contribution in [2.24, 2.45) is 0 Å². The van der Waals surface area contributed by atoms with Gasteiger partial charge in [-0.25, -0.2) is 4.98 Å². The van der Waals surface area contributed by atoms with Gasteiger partial charge in [0.25, 0.3) is 0 Å². The summed E-state index contributed by atoms with van der Waals surface area (Å²) in [6.07, 6.45) is 1.78. The Morgan fingerprint density at radius 2 is 1.71 bits per heavy atom. The number of aliphatic hydroxyl groups is 1. The molecule has 1 aliphatic rings. The van der Waals surface area contributed by atoms with E-state index in [-0.39, 0.29) is 6.61 Å². The molecule has 0 amide bonds. The van der Waals surface area contributed by atoms with Gasteiger partial charge in [-0.15, -0.1) is 0 Å². The molecule has 1 aromatic heterocycles. The lowest BCUT2D eigenvalue weighted by molar-refractivity contribution is 0.249. The fourth-order valence-corrected chi connectivity index (χ4v) is 2.71. The molecule has 4 heteroatoms. The Bertz CT molecular complexity index is 565. The summed E-state index contributed by atoms with van der Waals surface area (Å²) in [5, 5.41) is 9.21. The summed E-state index contributed by atoms with van der Waals surface area (Å²) in [4.78, 5) is 9.18. The molecule has 2 heterocycles. The molecule has 1 saturated heterocycles. The third-order valence-corrected chi connectivity index (χ3v) is 3.94. The smallest absolute Gasteiger partial charge is 0.128 e. The van der Waals surface area contributed by atoms with Gasteiger partial charge in [0.2, 0.25) is 0 Å². The van der Waals surface area contributed by atoms with Gasteiger partial charge in [-0.3, -0.25) is 4.90 Å². The van der Waals surface area contributed by atoms with E-state index < -0.39 is 0 Å². The molecule has 0 saturated carbocycles. The van der Waals surface area contributed by atoms with Crippen molar-refractivity contribution in [1.82, 2.24) is 9.88 Å². The maximum atomic E-state index is 9.21. The topological polar surface area (TPSA) is 39.6 Å². The van der Waals surface area contributed by atoms with E-state index in [0.29, 0.717) is 0 Å². The normalized spacial score (nSPS) is 16.1. The average Bonchev–Trinajstić information content (AvgIpc) is 2.56. The molecule has 0 aliphatic carbocycles.